The van der Waals surface area contributed by atoms with Gasteiger partial charge in [-0.05, 0) is 56.3 Å². The monoisotopic (exact) mass is 348 g/mol. The summed E-state index contributed by atoms with van der Waals surface area (Å²) in [6.07, 6.45) is 3.90. The molecule has 2 aromatic carbocycles. The lowest BCUT2D eigenvalue weighted by Gasteiger charge is -2.26. The van der Waals surface area contributed by atoms with E-state index in [2.05, 4.69) is 9.47 Å². The van der Waals surface area contributed by atoms with Crippen LogP contribution in [0.5, 0.6) is 0 Å². The van der Waals surface area contributed by atoms with Gasteiger partial charge in [0.25, 0.3) is 0 Å². The van der Waals surface area contributed by atoms with E-state index in [1.54, 1.807) is 6.07 Å². The maximum Gasteiger partial charge on any atom is 0.160 e. The summed E-state index contributed by atoms with van der Waals surface area (Å²) in [6.45, 7) is 4.17. The smallest absolute Gasteiger partial charge is 0.160 e. The second-order valence-corrected chi connectivity index (χ2v) is 7.10. The molecule has 0 unspecified atom stereocenters. The number of nitrogens with zero attached hydrogens (tertiary/aromatic N) is 4. The van der Waals surface area contributed by atoms with Crippen molar-refractivity contribution in [1.29, 1.82) is 0 Å². The lowest BCUT2D eigenvalue weighted by Crippen LogP contribution is -2.32. The van der Waals surface area contributed by atoms with E-state index < -0.39 is 0 Å². The van der Waals surface area contributed by atoms with Crippen LogP contribution in [0.15, 0.2) is 42.5 Å². The van der Waals surface area contributed by atoms with E-state index in [-0.39, 0.29) is 5.82 Å². The van der Waals surface area contributed by atoms with Crippen LogP contribution in [0.2, 0.25) is 0 Å². The molecule has 2 aromatic heterocycles. The van der Waals surface area contributed by atoms with Gasteiger partial charge in [0, 0.05) is 18.5 Å². The Morgan fingerprint density at radius 1 is 0.885 bits per heavy atom. The van der Waals surface area contributed by atoms with Gasteiger partial charge in [-0.15, -0.1) is 0 Å². The predicted molar refractivity (Wildman–Crippen MR) is 103 cm³/mol. The van der Waals surface area contributed by atoms with Gasteiger partial charge in [0.05, 0.1) is 16.6 Å². The highest BCUT2D eigenvalue weighted by Crippen LogP contribution is 2.29. The molecule has 132 valence electrons. The molecule has 0 saturated carbocycles. The summed E-state index contributed by atoms with van der Waals surface area (Å²) < 4.78 is 16.1. The van der Waals surface area contributed by atoms with Gasteiger partial charge in [-0.2, -0.15) is 0 Å². The Labute approximate surface area is 151 Å². The highest BCUT2D eigenvalue weighted by molar-refractivity contribution is 6.06. The molecule has 4 nitrogen and oxygen atoms in total. The van der Waals surface area contributed by atoms with Crippen LogP contribution >= 0.6 is 0 Å². The van der Waals surface area contributed by atoms with Crippen LogP contribution in [0.3, 0.4) is 0 Å². The molecule has 1 fully saturated rings. The molecule has 0 atom stereocenters. The SMILES string of the molecule is Fc1ccc2c(c1)c1nc3ccccc3nc1n2CCN1CCCCC1. The van der Waals surface area contributed by atoms with Crippen LogP contribution in [0.25, 0.3) is 33.1 Å². The molecule has 1 aliphatic rings. The van der Waals surface area contributed by atoms with Crippen molar-refractivity contribution in [2.45, 2.75) is 25.8 Å². The molecule has 5 rings (SSSR count). The fourth-order valence-electron chi connectivity index (χ4n) is 4.06. The number of aromatic nitrogens is 3. The van der Waals surface area contributed by atoms with Gasteiger partial charge >= 0.3 is 0 Å². The first-order valence-electron chi connectivity index (χ1n) is 9.36. The average molecular weight is 348 g/mol. The van der Waals surface area contributed by atoms with Crippen LogP contribution in [0.4, 0.5) is 4.39 Å². The van der Waals surface area contributed by atoms with E-state index in [0.29, 0.717) is 0 Å². The van der Waals surface area contributed by atoms with Crippen LogP contribution in [0.1, 0.15) is 19.3 Å². The first kappa shape index (κ1) is 15.7. The number of piperidine rings is 1. The van der Waals surface area contributed by atoms with E-state index in [9.17, 15) is 4.39 Å². The zero-order chi connectivity index (χ0) is 17.5. The fraction of sp³-hybridized carbons (Fsp3) is 0.333. The minimum atomic E-state index is -0.234. The van der Waals surface area contributed by atoms with Crippen LogP contribution in [-0.2, 0) is 6.54 Å². The van der Waals surface area contributed by atoms with Gasteiger partial charge in [-0.3, -0.25) is 0 Å². The zero-order valence-corrected chi connectivity index (χ0v) is 14.7. The maximum absolute atomic E-state index is 13.9. The first-order chi connectivity index (χ1) is 12.8. The van der Waals surface area contributed by atoms with Gasteiger partial charge < -0.3 is 9.47 Å². The van der Waals surface area contributed by atoms with Gasteiger partial charge in [0.1, 0.15) is 11.3 Å². The standard InChI is InChI=1S/C21H21FN4/c22-15-8-9-19-16(14-15)20-21(24-18-7-3-2-6-17(18)23-20)26(19)13-12-25-10-4-1-5-11-25/h2-3,6-9,14H,1,4-5,10-13H2. The highest BCUT2D eigenvalue weighted by Gasteiger charge is 2.17. The topological polar surface area (TPSA) is 34.0 Å². The molecule has 0 aliphatic carbocycles. The number of rotatable bonds is 3. The van der Waals surface area contributed by atoms with E-state index in [1.165, 1.54) is 38.4 Å². The summed E-state index contributed by atoms with van der Waals surface area (Å²) in [5.41, 5.74) is 4.37. The van der Waals surface area contributed by atoms with Crippen molar-refractivity contribution in [3.63, 3.8) is 0 Å². The van der Waals surface area contributed by atoms with Crippen molar-refractivity contribution in [3.05, 3.63) is 48.3 Å². The molecule has 26 heavy (non-hydrogen) atoms. The third kappa shape index (κ3) is 2.63. The third-order valence-corrected chi connectivity index (χ3v) is 5.40. The van der Waals surface area contributed by atoms with Gasteiger partial charge in [-0.25, -0.2) is 14.4 Å². The minimum absolute atomic E-state index is 0.234. The predicted octanol–water partition coefficient (Wildman–Crippen LogP) is 4.36. The number of fused-ring (bicyclic) bond motifs is 4. The second kappa shape index (κ2) is 6.32. The molecule has 1 saturated heterocycles. The molecule has 0 spiro atoms. The number of hydrogen-bond acceptors (Lipinski definition) is 3. The van der Waals surface area contributed by atoms with Crippen LogP contribution < -0.4 is 0 Å². The largest absolute Gasteiger partial charge is 0.323 e. The molecule has 1 aliphatic heterocycles. The maximum atomic E-state index is 13.9. The quantitative estimate of drug-likeness (QED) is 0.551. The summed E-state index contributed by atoms with van der Waals surface area (Å²) in [5, 5.41) is 0.844. The van der Waals surface area contributed by atoms with Crippen molar-refractivity contribution < 1.29 is 4.39 Å². The van der Waals surface area contributed by atoms with Crippen molar-refractivity contribution in [1.82, 2.24) is 19.4 Å². The van der Waals surface area contributed by atoms with E-state index >= 15 is 0 Å². The van der Waals surface area contributed by atoms with Gasteiger partial charge in [0.2, 0.25) is 0 Å². The Hall–Kier alpha value is -2.53. The normalized spacial score (nSPS) is 16.0. The molecular weight excluding hydrogens is 327 g/mol. The van der Waals surface area contributed by atoms with E-state index in [1.807, 2.05) is 30.3 Å². The van der Waals surface area contributed by atoms with Crippen molar-refractivity contribution in [2.24, 2.45) is 0 Å². The molecule has 3 heterocycles. The Morgan fingerprint density at radius 3 is 2.46 bits per heavy atom. The summed E-state index contributed by atoms with van der Waals surface area (Å²) >= 11 is 0. The Bertz CT molecular complexity index is 1100. The number of hydrogen-bond donors (Lipinski definition) is 0. The van der Waals surface area contributed by atoms with Crippen molar-refractivity contribution >= 4 is 33.1 Å². The number of benzene rings is 2. The summed E-state index contributed by atoms with van der Waals surface area (Å²) in [5.74, 6) is -0.234. The lowest BCUT2D eigenvalue weighted by atomic mass is 10.1. The molecule has 5 heteroatoms. The van der Waals surface area contributed by atoms with E-state index in [4.69, 9.17) is 9.97 Å². The number of likely N-dealkylation sites (tertiary alicyclic amines) is 1. The average Bonchev–Trinajstić information content (AvgIpc) is 2.97. The molecule has 0 N–H and O–H groups in total. The summed E-state index contributed by atoms with van der Waals surface area (Å²) in [6, 6.07) is 12.8. The van der Waals surface area contributed by atoms with Gasteiger partial charge in [-0.1, -0.05) is 18.6 Å². The summed E-state index contributed by atoms with van der Waals surface area (Å²) in [4.78, 5) is 12.2. The molecule has 0 bridgehead atoms. The molecule has 4 aromatic rings. The zero-order valence-electron chi connectivity index (χ0n) is 14.7. The lowest BCUT2D eigenvalue weighted by molar-refractivity contribution is 0.222. The minimum Gasteiger partial charge on any atom is -0.323 e. The molecule has 0 radical (unpaired) electrons. The summed E-state index contributed by atoms with van der Waals surface area (Å²) in [7, 11) is 0. The number of para-hydroxylation sites is 2. The molecule has 0 amide bonds. The first-order valence-corrected chi connectivity index (χ1v) is 9.36. The van der Waals surface area contributed by atoms with E-state index in [0.717, 1.165) is 46.2 Å². The third-order valence-electron chi connectivity index (χ3n) is 5.40. The molecular formula is C21H21FN4. The van der Waals surface area contributed by atoms with Crippen LogP contribution in [0, 0.1) is 5.82 Å². The van der Waals surface area contributed by atoms with Gasteiger partial charge in [0.15, 0.2) is 5.65 Å². The fourth-order valence-corrected chi connectivity index (χ4v) is 4.06. The number of halogens is 1. The van der Waals surface area contributed by atoms with Crippen molar-refractivity contribution in [3.8, 4) is 0 Å². The second-order valence-electron chi connectivity index (χ2n) is 7.10. The highest BCUT2D eigenvalue weighted by atomic mass is 19.1. The van der Waals surface area contributed by atoms with Crippen molar-refractivity contribution in [2.75, 3.05) is 19.6 Å². The Morgan fingerprint density at radius 2 is 1.65 bits per heavy atom. The Balaban J connectivity index is 1.67. The Kier molecular flexibility index (Phi) is 3.82. The van der Waals surface area contributed by atoms with Crippen LogP contribution in [-0.4, -0.2) is 39.1 Å².